The molecule has 0 atom stereocenters. The van der Waals surface area contributed by atoms with Crippen molar-refractivity contribution in [2.45, 2.75) is 6.36 Å². The minimum Gasteiger partial charge on any atom is -0.406 e. The molecular formula is C15H13F3N4O2. The number of rotatable bonds is 5. The maximum atomic E-state index is 12.4. The molecule has 0 amide bonds. The van der Waals surface area contributed by atoms with Gasteiger partial charge in [-0.2, -0.15) is 0 Å². The summed E-state index contributed by atoms with van der Waals surface area (Å²) in [6.45, 7) is 0.247. The number of anilines is 1. The van der Waals surface area contributed by atoms with Crippen LogP contribution in [0.25, 0.3) is 16.9 Å². The molecule has 0 aliphatic heterocycles. The predicted molar refractivity (Wildman–Crippen MR) is 80.7 cm³/mol. The number of hydrogen-bond acceptors (Lipinski definition) is 5. The fourth-order valence-corrected chi connectivity index (χ4v) is 2.28. The zero-order chi connectivity index (χ0) is 17.2. The first-order valence-electron chi connectivity index (χ1n) is 7.01. The fraction of sp³-hybridized carbons (Fsp3) is 0.200. The van der Waals surface area contributed by atoms with E-state index < -0.39 is 6.36 Å². The lowest BCUT2D eigenvalue weighted by molar-refractivity contribution is -0.274. The molecule has 0 spiro atoms. The largest absolute Gasteiger partial charge is 0.573 e. The Balaban J connectivity index is 2.00. The molecule has 3 rings (SSSR count). The number of nitrogens with zero attached hydrogens (tertiary/aromatic N) is 3. The van der Waals surface area contributed by atoms with E-state index in [2.05, 4.69) is 20.0 Å². The molecule has 126 valence electrons. The van der Waals surface area contributed by atoms with Gasteiger partial charge in [0.25, 0.3) is 0 Å². The minimum absolute atomic E-state index is 0.0624. The van der Waals surface area contributed by atoms with Crippen LogP contribution in [-0.4, -0.2) is 39.0 Å². The summed E-state index contributed by atoms with van der Waals surface area (Å²) < 4.78 is 42.7. The number of fused-ring (bicyclic) bond motifs is 1. The Morgan fingerprint density at radius 2 is 2.08 bits per heavy atom. The second-order valence-electron chi connectivity index (χ2n) is 4.84. The highest BCUT2D eigenvalue weighted by atomic mass is 19.4. The highest BCUT2D eigenvalue weighted by molar-refractivity contribution is 5.71. The van der Waals surface area contributed by atoms with Crippen molar-refractivity contribution < 1.29 is 23.0 Å². The third-order valence-electron chi connectivity index (χ3n) is 3.20. The second kappa shape index (κ2) is 6.36. The number of alkyl halides is 3. The molecule has 0 fully saturated rings. The third kappa shape index (κ3) is 3.40. The number of aliphatic hydroxyl groups excluding tert-OH is 1. The summed E-state index contributed by atoms with van der Waals surface area (Å²) in [6, 6.07) is 5.66. The Morgan fingerprint density at radius 1 is 1.25 bits per heavy atom. The van der Waals surface area contributed by atoms with Crippen LogP contribution in [0, 0.1) is 0 Å². The van der Waals surface area contributed by atoms with Crippen molar-refractivity contribution >= 4 is 11.5 Å². The lowest BCUT2D eigenvalue weighted by atomic mass is 10.1. The van der Waals surface area contributed by atoms with Gasteiger partial charge in [-0.25, -0.2) is 9.97 Å². The van der Waals surface area contributed by atoms with Gasteiger partial charge in [0.1, 0.15) is 5.75 Å². The average molecular weight is 338 g/mol. The molecule has 0 radical (unpaired) electrons. The number of hydrogen-bond donors (Lipinski definition) is 2. The zero-order valence-electron chi connectivity index (χ0n) is 12.3. The Kier molecular flexibility index (Phi) is 4.26. The van der Waals surface area contributed by atoms with Crippen LogP contribution < -0.4 is 10.1 Å². The molecule has 0 aliphatic carbocycles. The van der Waals surface area contributed by atoms with E-state index in [0.29, 0.717) is 29.3 Å². The van der Waals surface area contributed by atoms with Crippen LogP contribution >= 0.6 is 0 Å². The molecule has 2 aromatic heterocycles. The van der Waals surface area contributed by atoms with Gasteiger partial charge in [-0.3, -0.25) is 4.40 Å². The van der Waals surface area contributed by atoms with Crippen molar-refractivity contribution in [2.75, 3.05) is 18.5 Å². The van der Waals surface area contributed by atoms with Gasteiger partial charge in [-0.15, -0.1) is 13.2 Å². The lowest BCUT2D eigenvalue weighted by Gasteiger charge is -2.10. The Bertz CT molecular complexity index is 848. The number of aliphatic hydroxyl groups is 1. The maximum absolute atomic E-state index is 12.4. The summed E-state index contributed by atoms with van der Waals surface area (Å²) in [6.07, 6.45) is -0.0235. The van der Waals surface area contributed by atoms with Crippen LogP contribution in [-0.2, 0) is 0 Å². The first kappa shape index (κ1) is 16.1. The molecular weight excluding hydrogens is 325 g/mol. The third-order valence-corrected chi connectivity index (χ3v) is 3.20. The van der Waals surface area contributed by atoms with Crippen LogP contribution in [0.1, 0.15) is 0 Å². The van der Waals surface area contributed by atoms with Gasteiger partial charge in [0, 0.05) is 24.5 Å². The van der Waals surface area contributed by atoms with Crippen molar-refractivity contribution in [3.8, 4) is 17.0 Å². The van der Waals surface area contributed by atoms with Gasteiger partial charge in [0.2, 0.25) is 0 Å². The van der Waals surface area contributed by atoms with Crippen molar-refractivity contribution in [3.63, 3.8) is 0 Å². The van der Waals surface area contributed by atoms with Gasteiger partial charge in [-0.1, -0.05) is 12.1 Å². The average Bonchev–Trinajstić information content (AvgIpc) is 2.96. The number of halogens is 3. The van der Waals surface area contributed by atoms with E-state index >= 15 is 0 Å². The van der Waals surface area contributed by atoms with Gasteiger partial charge in [-0.05, 0) is 12.1 Å². The highest BCUT2D eigenvalue weighted by Crippen LogP contribution is 2.29. The number of benzene rings is 1. The van der Waals surface area contributed by atoms with E-state index in [4.69, 9.17) is 5.11 Å². The Labute approximate surface area is 134 Å². The summed E-state index contributed by atoms with van der Waals surface area (Å²) in [5.74, 6) is 0.170. The van der Waals surface area contributed by atoms with E-state index in [1.54, 1.807) is 16.7 Å². The zero-order valence-corrected chi connectivity index (χ0v) is 12.3. The second-order valence-corrected chi connectivity index (χ2v) is 4.84. The van der Waals surface area contributed by atoms with Crippen LogP contribution in [0.3, 0.4) is 0 Å². The molecule has 0 unspecified atom stereocenters. The van der Waals surface area contributed by atoms with Crippen LogP contribution in [0.5, 0.6) is 5.75 Å². The summed E-state index contributed by atoms with van der Waals surface area (Å²) in [5, 5.41) is 11.8. The van der Waals surface area contributed by atoms with Crippen LogP contribution in [0.15, 0.2) is 42.9 Å². The lowest BCUT2D eigenvalue weighted by Crippen LogP contribution is -2.17. The number of imidazole rings is 1. The normalized spacial score (nSPS) is 11.7. The molecule has 0 aliphatic rings. The minimum atomic E-state index is -4.75. The molecule has 3 aromatic rings. The van der Waals surface area contributed by atoms with Gasteiger partial charge in [0.05, 0.1) is 18.5 Å². The van der Waals surface area contributed by atoms with Crippen LogP contribution in [0.2, 0.25) is 0 Å². The maximum Gasteiger partial charge on any atom is 0.573 e. The van der Waals surface area contributed by atoms with E-state index in [1.165, 1.54) is 30.6 Å². The fourth-order valence-electron chi connectivity index (χ4n) is 2.28. The molecule has 0 bridgehead atoms. The quantitative estimate of drug-likeness (QED) is 0.748. The topological polar surface area (TPSA) is 71.7 Å². The number of nitrogens with one attached hydrogen (secondary N) is 1. The smallest absolute Gasteiger partial charge is 0.406 e. The Morgan fingerprint density at radius 3 is 2.83 bits per heavy atom. The molecule has 9 heteroatoms. The SMILES string of the molecule is OCCNc1nccn2c(-c3cccc(OC(F)(F)F)c3)cnc12. The van der Waals surface area contributed by atoms with E-state index in [9.17, 15) is 13.2 Å². The monoisotopic (exact) mass is 338 g/mol. The van der Waals surface area contributed by atoms with Crippen molar-refractivity contribution in [2.24, 2.45) is 0 Å². The Hall–Kier alpha value is -2.81. The number of ether oxygens (including phenoxy) is 1. The molecule has 0 saturated heterocycles. The van der Waals surface area contributed by atoms with Crippen LogP contribution in [0.4, 0.5) is 19.0 Å². The molecule has 24 heavy (non-hydrogen) atoms. The summed E-state index contributed by atoms with van der Waals surface area (Å²) in [4.78, 5) is 8.38. The van der Waals surface area contributed by atoms with Gasteiger partial charge < -0.3 is 15.2 Å². The van der Waals surface area contributed by atoms with Crippen molar-refractivity contribution in [1.82, 2.24) is 14.4 Å². The summed E-state index contributed by atoms with van der Waals surface area (Å²) in [5.41, 5.74) is 1.61. The first-order valence-corrected chi connectivity index (χ1v) is 7.01. The molecule has 6 nitrogen and oxygen atoms in total. The van der Waals surface area contributed by atoms with Crippen molar-refractivity contribution in [1.29, 1.82) is 0 Å². The first-order chi connectivity index (χ1) is 11.5. The highest BCUT2D eigenvalue weighted by Gasteiger charge is 2.31. The van der Waals surface area contributed by atoms with E-state index in [-0.39, 0.29) is 12.4 Å². The van der Waals surface area contributed by atoms with Gasteiger partial charge in [0.15, 0.2) is 11.5 Å². The summed E-state index contributed by atoms with van der Waals surface area (Å²) >= 11 is 0. The van der Waals surface area contributed by atoms with E-state index in [1.807, 2.05) is 0 Å². The summed E-state index contributed by atoms with van der Waals surface area (Å²) in [7, 11) is 0. The molecule has 2 heterocycles. The molecule has 2 N–H and O–H groups in total. The van der Waals surface area contributed by atoms with E-state index in [0.717, 1.165) is 0 Å². The van der Waals surface area contributed by atoms with Crippen molar-refractivity contribution in [3.05, 3.63) is 42.9 Å². The number of aromatic nitrogens is 3. The molecule has 1 aromatic carbocycles. The standard InChI is InChI=1S/C15H13F3N4O2/c16-15(17,18)24-11-3-1-2-10(8-11)12-9-21-14-13(20-5-7-23)19-4-6-22(12)14/h1-4,6,8-9,23H,5,7H2,(H,19,20). The molecule has 0 saturated carbocycles. The predicted octanol–water partition coefficient (Wildman–Crippen LogP) is 2.70. The van der Waals surface area contributed by atoms with Gasteiger partial charge >= 0.3 is 6.36 Å².